The lowest BCUT2D eigenvalue weighted by Crippen LogP contribution is -2.44. The smallest absolute Gasteiger partial charge is 0.0716 e. The molecule has 1 fully saturated rings. The first-order chi connectivity index (χ1) is 7.11. The summed E-state index contributed by atoms with van der Waals surface area (Å²) in [4.78, 5) is 0. The molecule has 1 heterocycles. The summed E-state index contributed by atoms with van der Waals surface area (Å²) in [5, 5.41) is 0. The molecule has 1 rings (SSSR count). The van der Waals surface area contributed by atoms with Gasteiger partial charge in [-0.3, -0.25) is 0 Å². The Bertz CT molecular complexity index is 246. The summed E-state index contributed by atoms with van der Waals surface area (Å²) in [6.45, 7) is 11.1. The molecule has 86 valence electrons. The first-order valence-corrected chi connectivity index (χ1v) is 6.16. The Kier molecular flexibility index (Phi) is 4.67. The van der Waals surface area contributed by atoms with Gasteiger partial charge in [0.15, 0.2) is 0 Å². The maximum absolute atomic E-state index is 6.13. The van der Waals surface area contributed by atoms with Crippen LogP contribution in [0, 0.1) is 29.6 Å². The maximum Gasteiger partial charge on any atom is 0.0716 e. The van der Waals surface area contributed by atoms with Crippen LogP contribution in [0.1, 0.15) is 47.5 Å². The Morgan fingerprint density at radius 1 is 1.00 bits per heavy atom. The van der Waals surface area contributed by atoms with Gasteiger partial charge in [-0.25, -0.2) is 0 Å². The second kappa shape index (κ2) is 5.56. The first-order valence-electron chi connectivity index (χ1n) is 6.16. The molecular formula is C14H24O. The van der Waals surface area contributed by atoms with Gasteiger partial charge in [0.2, 0.25) is 0 Å². The predicted octanol–water partition coefficient (Wildman–Crippen LogP) is 3.49. The molecule has 0 N–H and O–H groups in total. The van der Waals surface area contributed by atoms with Gasteiger partial charge in [-0.1, -0.05) is 27.7 Å². The van der Waals surface area contributed by atoms with E-state index in [0.29, 0.717) is 24.0 Å². The largest absolute Gasteiger partial charge is 0.373 e. The van der Waals surface area contributed by atoms with Crippen LogP contribution >= 0.6 is 0 Å². The molecule has 0 bridgehead atoms. The molecule has 1 aliphatic rings. The zero-order valence-corrected chi connectivity index (χ0v) is 10.7. The van der Waals surface area contributed by atoms with Gasteiger partial charge in [0.25, 0.3) is 0 Å². The fraction of sp³-hybridized carbons (Fsp3) is 0.857. The highest BCUT2D eigenvalue weighted by molar-refractivity contribution is 4.99. The fourth-order valence-corrected chi connectivity index (χ4v) is 2.53. The molecule has 1 aliphatic heterocycles. The van der Waals surface area contributed by atoms with E-state index >= 15 is 0 Å². The molecule has 5 atom stereocenters. The molecule has 0 aliphatic carbocycles. The van der Waals surface area contributed by atoms with Gasteiger partial charge in [-0.05, 0) is 31.1 Å². The summed E-state index contributed by atoms with van der Waals surface area (Å²) >= 11 is 0. The number of ether oxygens (including phenoxy) is 1. The van der Waals surface area contributed by atoms with Crippen LogP contribution in [0.25, 0.3) is 0 Å². The van der Waals surface area contributed by atoms with Crippen molar-refractivity contribution in [2.45, 2.75) is 59.7 Å². The third-order valence-corrected chi connectivity index (χ3v) is 4.06. The van der Waals surface area contributed by atoms with Crippen LogP contribution in [-0.4, -0.2) is 12.2 Å². The van der Waals surface area contributed by atoms with Gasteiger partial charge >= 0.3 is 0 Å². The Balaban J connectivity index is 2.68. The van der Waals surface area contributed by atoms with Gasteiger partial charge in [0, 0.05) is 6.42 Å². The van der Waals surface area contributed by atoms with Crippen LogP contribution in [0.15, 0.2) is 0 Å². The molecule has 0 radical (unpaired) electrons. The highest BCUT2D eigenvalue weighted by Crippen LogP contribution is 2.36. The Morgan fingerprint density at radius 3 is 2.13 bits per heavy atom. The standard InChI is InChI=1S/C14H24O/c1-6-8-9-14-12(5)10(3)11(4)13(7-2)15-14/h10-14H,7,9H2,1-5H3/t10-,11-,12+,13+,14?/m0/s1. The quantitative estimate of drug-likeness (QED) is 0.631. The number of hydrogen-bond donors (Lipinski definition) is 0. The second-order valence-corrected chi connectivity index (χ2v) is 4.83. The molecule has 1 nitrogen and oxygen atoms in total. The Labute approximate surface area is 94.6 Å². The molecule has 15 heavy (non-hydrogen) atoms. The van der Waals surface area contributed by atoms with Gasteiger partial charge in [-0.15, -0.1) is 11.8 Å². The minimum atomic E-state index is 0.341. The van der Waals surface area contributed by atoms with E-state index in [4.69, 9.17) is 4.74 Å². The van der Waals surface area contributed by atoms with Crippen molar-refractivity contribution in [3.8, 4) is 11.8 Å². The lowest BCUT2D eigenvalue weighted by atomic mass is 9.75. The van der Waals surface area contributed by atoms with Crippen molar-refractivity contribution in [1.29, 1.82) is 0 Å². The van der Waals surface area contributed by atoms with Crippen molar-refractivity contribution in [1.82, 2.24) is 0 Å². The molecule has 1 unspecified atom stereocenters. The summed E-state index contributed by atoms with van der Waals surface area (Å²) in [7, 11) is 0. The van der Waals surface area contributed by atoms with E-state index in [0.717, 1.165) is 18.8 Å². The van der Waals surface area contributed by atoms with Crippen molar-refractivity contribution in [3.63, 3.8) is 0 Å². The van der Waals surface area contributed by atoms with Crippen molar-refractivity contribution >= 4 is 0 Å². The average molecular weight is 208 g/mol. The minimum absolute atomic E-state index is 0.341. The monoisotopic (exact) mass is 208 g/mol. The highest BCUT2D eigenvalue weighted by Gasteiger charge is 2.37. The van der Waals surface area contributed by atoms with Crippen LogP contribution in [-0.2, 0) is 4.74 Å². The maximum atomic E-state index is 6.13. The molecule has 0 aromatic carbocycles. The molecule has 0 aromatic heterocycles. The van der Waals surface area contributed by atoms with Crippen LogP contribution in [0.5, 0.6) is 0 Å². The highest BCUT2D eigenvalue weighted by atomic mass is 16.5. The Hall–Kier alpha value is -0.480. The normalized spacial score (nSPS) is 40.7. The fourth-order valence-electron chi connectivity index (χ4n) is 2.53. The van der Waals surface area contributed by atoms with Gasteiger partial charge in [0.1, 0.15) is 0 Å². The summed E-state index contributed by atoms with van der Waals surface area (Å²) in [6, 6.07) is 0. The van der Waals surface area contributed by atoms with E-state index < -0.39 is 0 Å². The molecule has 0 saturated carbocycles. The van der Waals surface area contributed by atoms with Crippen LogP contribution in [0.3, 0.4) is 0 Å². The van der Waals surface area contributed by atoms with E-state index in [1.165, 1.54) is 0 Å². The number of hydrogen-bond acceptors (Lipinski definition) is 1. The summed E-state index contributed by atoms with van der Waals surface area (Å²) < 4.78 is 6.13. The van der Waals surface area contributed by atoms with Crippen LogP contribution < -0.4 is 0 Å². The van der Waals surface area contributed by atoms with Crippen molar-refractivity contribution < 1.29 is 4.74 Å². The first kappa shape index (κ1) is 12.6. The molecular weight excluding hydrogens is 184 g/mol. The third-order valence-electron chi connectivity index (χ3n) is 4.06. The van der Waals surface area contributed by atoms with Crippen LogP contribution in [0.4, 0.5) is 0 Å². The molecule has 0 amide bonds. The lowest BCUT2D eigenvalue weighted by molar-refractivity contribution is -0.131. The van der Waals surface area contributed by atoms with E-state index in [-0.39, 0.29) is 0 Å². The predicted molar refractivity (Wildman–Crippen MR) is 64.5 cm³/mol. The second-order valence-electron chi connectivity index (χ2n) is 4.83. The van der Waals surface area contributed by atoms with Gasteiger partial charge in [-0.2, -0.15) is 0 Å². The zero-order valence-electron chi connectivity index (χ0n) is 10.7. The third kappa shape index (κ3) is 2.75. The van der Waals surface area contributed by atoms with E-state index in [1.807, 2.05) is 6.92 Å². The van der Waals surface area contributed by atoms with Crippen molar-refractivity contribution in [2.24, 2.45) is 17.8 Å². The summed E-state index contributed by atoms with van der Waals surface area (Å²) in [6.07, 6.45) is 2.79. The zero-order chi connectivity index (χ0) is 11.4. The van der Waals surface area contributed by atoms with Crippen LogP contribution in [0.2, 0.25) is 0 Å². The summed E-state index contributed by atoms with van der Waals surface area (Å²) in [5.74, 6) is 8.17. The average Bonchev–Trinajstić information content (AvgIpc) is 2.25. The topological polar surface area (TPSA) is 9.23 Å². The van der Waals surface area contributed by atoms with E-state index in [9.17, 15) is 0 Å². The minimum Gasteiger partial charge on any atom is -0.373 e. The molecule has 0 aromatic rings. The molecule has 0 spiro atoms. The van der Waals surface area contributed by atoms with E-state index in [2.05, 4.69) is 39.5 Å². The summed E-state index contributed by atoms with van der Waals surface area (Å²) in [5.41, 5.74) is 0. The lowest BCUT2D eigenvalue weighted by Gasteiger charge is -2.43. The number of rotatable bonds is 2. The van der Waals surface area contributed by atoms with E-state index in [1.54, 1.807) is 0 Å². The van der Waals surface area contributed by atoms with Crippen molar-refractivity contribution in [3.05, 3.63) is 0 Å². The Morgan fingerprint density at radius 2 is 1.60 bits per heavy atom. The van der Waals surface area contributed by atoms with Gasteiger partial charge < -0.3 is 4.74 Å². The SMILES string of the molecule is CC#CCC1O[C@H](CC)[C@@H](C)[C@H](C)[C@H]1C. The van der Waals surface area contributed by atoms with Crippen molar-refractivity contribution in [2.75, 3.05) is 0 Å². The molecule has 1 heteroatoms. The van der Waals surface area contributed by atoms with Gasteiger partial charge in [0.05, 0.1) is 12.2 Å². The molecule has 1 saturated heterocycles.